The van der Waals surface area contributed by atoms with Crippen LogP contribution in [0.25, 0.3) is 11.1 Å². The Balaban J connectivity index is 1.06. The van der Waals surface area contributed by atoms with E-state index in [1.54, 1.807) is 42.6 Å². The predicted octanol–water partition coefficient (Wildman–Crippen LogP) is 4.30. The van der Waals surface area contributed by atoms with Gasteiger partial charge in [0.2, 0.25) is 5.91 Å². The van der Waals surface area contributed by atoms with E-state index in [0.29, 0.717) is 35.1 Å². The first-order valence-electron chi connectivity index (χ1n) is 12.4. The van der Waals surface area contributed by atoms with Gasteiger partial charge in [-0.25, -0.2) is 13.8 Å². The molecule has 3 aromatic rings. The predicted molar refractivity (Wildman–Crippen MR) is 138 cm³/mol. The maximum atomic E-state index is 13.1. The molecule has 2 amide bonds. The first-order chi connectivity index (χ1) is 18.2. The number of anilines is 1. The number of fused-ring (bicyclic) bond motifs is 1. The van der Waals surface area contributed by atoms with E-state index in [1.807, 2.05) is 12.1 Å². The molecule has 1 aliphatic carbocycles. The fourth-order valence-electron chi connectivity index (χ4n) is 5.15. The van der Waals surface area contributed by atoms with Gasteiger partial charge in [0.15, 0.2) is 0 Å². The maximum absolute atomic E-state index is 13.1. The Hall–Kier alpha value is -3.72. The van der Waals surface area contributed by atoms with E-state index < -0.39 is 24.9 Å². The molecule has 3 atom stereocenters. The second kappa shape index (κ2) is 9.23. The molecule has 6 rings (SSSR count). The number of benzene rings is 2. The SMILES string of the molecule is Nc1ccc([C@@H]2C[C@H]2C(=O)NCC2Cc3cc(-c4ccc(C(=O)N5CC(F)(F)C5)cc4)cc(Cl)c3O2)cn1. The summed E-state index contributed by atoms with van der Waals surface area (Å²) in [4.78, 5) is 30.3. The average Bonchev–Trinajstić information content (AvgIpc) is 3.57. The summed E-state index contributed by atoms with van der Waals surface area (Å²) < 4.78 is 32.2. The fraction of sp³-hybridized carbons (Fsp3) is 0.321. The number of aromatic nitrogens is 1. The highest BCUT2D eigenvalue weighted by Crippen LogP contribution is 2.47. The van der Waals surface area contributed by atoms with Crippen LogP contribution in [-0.2, 0) is 11.2 Å². The number of rotatable bonds is 6. The Morgan fingerprint density at radius 3 is 2.58 bits per heavy atom. The number of hydrogen-bond donors (Lipinski definition) is 2. The van der Waals surface area contributed by atoms with Crippen molar-refractivity contribution in [1.82, 2.24) is 15.2 Å². The van der Waals surface area contributed by atoms with Crippen molar-refractivity contribution in [3.05, 3.63) is 76.4 Å². The van der Waals surface area contributed by atoms with E-state index >= 15 is 0 Å². The number of nitrogen functional groups attached to an aromatic ring is 1. The highest BCUT2D eigenvalue weighted by molar-refractivity contribution is 6.32. The van der Waals surface area contributed by atoms with Crippen molar-refractivity contribution in [1.29, 1.82) is 0 Å². The third-order valence-corrected chi connectivity index (χ3v) is 7.60. The summed E-state index contributed by atoms with van der Waals surface area (Å²) in [5, 5.41) is 3.47. The number of carbonyl (C=O) groups is 2. The molecule has 0 bridgehead atoms. The molecule has 2 fully saturated rings. The normalized spacial score (nSPS) is 22.7. The van der Waals surface area contributed by atoms with E-state index in [4.69, 9.17) is 22.1 Å². The number of amides is 2. The quantitative estimate of drug-likeness (QED) is 0.488. The smallest absolute Gasteiger partial charge is 0.282 e. The maximum Gasteiger partial charge on any atom is 0.282 e. The lowest BCUT2D eigenvalue weighted by molar-refractivity contribution is -0.122. The van der Waals surface area contributed by atoms with Crippen molar-refractivity contribution in [2.45, 2.75) is 30.8 Å². The van der Waals surface area contributed by atoms with Crippen molar-refractivity contribution in [3.8, 4) is 16.9 Å². The second-order valence-corrected chi connectivity index (χ2v) is 10.6. The third-order valence-electron chi connectivity index (χ3n) is 7.32. The lowest BCUT2D eigenvalue weighted by Crippen LogP contribution is -2.58. The Morgan fingerprint density at radius 1 is 1.13 bits per heavy atom. The van der Waals surface area contributed by atoms with Gasteiger partial charge in [0.05, 0.1) is 24.7 Å². The summed E-state index contributed by atoms with van der Waals surface area (Å²) in [6, 6.07) is 14.3. The monoisotopic (exact) mass is 538 g/mol. The number of hydrogen-bond acceptors (Lipinski definition) is 5. The molecular weight excluding hydrogens is 514 g/mol. The topological polar surface area (TPSA) is 97.5 Å². The fourth-order valence-corrected chi connectivity index (χ4v) is 5.43. The minimum atomic E-state index is -2.80. The summed E-state index contributed by atoms with van der Waals surface area (Å²) in [7, 11) is 0. The van der Waals surface area contributed by atoms with Crippen molar-refractivity contribution in [3.63, 3.8) is 0 Å². The molecule has 0 radical (unpaired) electrons. The number of nitrogens with zero attached hydrogens (tertiary/aromatic N) is 2. The first-order valence-corrected chi connectivity index (χ1v) is 12.8. The van der Waals surface area contributed by atoms with Crippen molar-refractivity contribution in [2.24, 2.45) is 5.92 Å². The molecule has 7 nitrogen and oxygen atoms in total. The molecule has 2 aliphatic heterocycles. The van der Waals surface area contributed by atoms with Gasteiger partial charge in [0.1, 0.15) is 17.7 Å². The molecule has 1 aromatic heterocycles. The molecule has 10 heteroatoms. The number of nitrogens with one attached hydrogen (secondary N) is 1. The summed E-state index contributed by atoms with van der Waals surface area (Å²) in [6.45, 7) is -0.720. The Morgan fingerprint density at radius 2 is 1.89 bits per heavy atom. The van der Waals surface area contributed by atoms with E-state index in [0.717, 1.165) is 33.6 Å². The molecule has 1 saturated heterocycles. The van der Waals surface area contributed by atoms with Crippen LogP contribution in [0.15, 0.2) is 54.7 Å². The van der Waals surface area contributed by atoms with Crippen molar-refractivity contribution < 1.29 is 23.1 Å². The lowest BCUT2D eigenvalue weighted by Gasteiger charge is -2.38. The van der Waals surface area contributed by atoms with Gasteiger partial charge in [0.25, 0.3) is 11.8 Å². The van der Waals surface area contributed by atoms with Gasteiger partial charge in [-0.2, -0.15) is 0 Å². The minimum Gasteiger partial charge on any atom is -0.486 e. The zero-order valence-electron chi connectivity index (χ0n) is 20.3. The van der Waals surface area contributed by atoms with Gasteiger partial charge < -0.3 is 20.7 Å². The molecule has 3 heterocycles. The number of alkyl halides is 2. The van der Waals surface area contributed by atoms with Crippen LogP contribution >= 0.6 is 11.6 Å². The zero-order valence-corrected chi connectivity index (χ0v) is 21.1. The molecule has 38 heavy (non-hydrogen) atoms. The van der Waals surface area contributed by atoms with Gasteiger partial charge in [-0.3, -0.25) is 9.59 Å². The Labute approximate surface area is 222 Å². The largest absolute Gasteiger partial charge is 0.486 e. The number of halogens is 3. The van der Waals surface area contributed by atoms with Gasteiger partial charge in [-0.05, 0) is 59.4 Å². The van der Waals surface area contributed by atoms with Crippen LogP contribution in [-0.4, -0.2) is 53.4 Å². The van der Waals surface area contributed by atoms with Gasteiger partial charge >= 0.3 is 0 Å². The number of ether oxygens (including phenoxy) is 1. The van der Waals surface area contributed by atoms with Gasteiger partial charge in [0, 0.05) is 29.7 Å². The lowest BCUT2D eigenvalue weighted by atomic mass is 9.99. The van der Waals surface area contributed by atoms with Crippen LogP contribution in [0.5, 0.6) is 5.75 Å². The molecule has 196 valence electrons. The highest BCUT2D eigenvalue weighted by Gasteiger charge is 2.46. The molecular formula is C28H25ClF2N4O3. The van der Waals surface area contributed by atoms with E-state index in [9.17, 15) is 18.4 Å². The Kier molecular flexibility index (Phi) is 5.98. The average molecular weight is 539 g/mol. The zero-order chi connectivity index (χ0) is 26.6. The van der Waals surface area contributed by atoms with Crippen LogP contribution in [0, 0.1) is 5.92 Å². The molecule has 1 saturated carbocycles. The van der Waals surface area contributed by atoms with Crippen molar-refractivity contribution >= 4 is 29.2 Å². The standard InChI is InChI=1S/C28H25ClF2N4O3/c29-23-9-18(15-1-3-16(4-2-15)27(37)35-13-28(30,31)14-35)7-19-8-20(38-25(19)23)12-34-26(36)22-10-21(22)17-5-6-24(32)33-11-17/h1-7,9,11,20-22H,8,10,12-14H2,(H2,32,33)(H,34,36)/t20?,21-,22+/m0/s1. The summed E-state index contributed by atoms with van der Waals surface area (Å²) in [6.07, 6.45) is 2.88. The highest BCUT2D eigenvalue weighted by atomic mass is 35.5. The van der Waals surface area contributed by atoms with E-state index in [2.05, 4.69) is 10.3 Å². The first kappa shape index (κ1) is 24.6. The summed E-state index contributed by atoms with van der Waals surface area (Å²) >= 11 is 6.53. The van der Waals surface area contributed by atoms with Crippen LogP contribution in [0.3, 0.4) is 0 Å². The molecule has 3 aliphatic rings. The van der Waals surface area contributed by atoms with E-state index in [-0.39, 0.29) is 23.8 Å². The third kappa shape index (κ3) is 4.78. The molecule has 3 N–H and O–H groups in total. The second-order valence-electron chi connectivity index (χ2n) is 10.2. The van der Waals surface area contributed by atoms with Crippen LogP contribution < -0.4 is 15.8 Å². The number of likely N-dealkylation sites (tertiary alicyclic amines) is 1. The molecule has 0 spiro atoms. The number of carbonyl (C=O) groups excluding carboxylic acids is 2. The van der Waals surface area contributed by atoms with E-state index in [1.165, 1.54) is 0 Å². The van der Waals surface area contributed by atoms with Crippen LogP contribution in [0.4, 0.5) is 14.6 Å². The molecule has 2 aromatic carbocycles. The Bertz CT molecular complexity index is 1410. The summed E-state index contributed by atoms with van der Waals surface area (Å²) in [5.41, 5.74) is 9.65. The van der Waals surface area contributed by atoms with Crippen LogP contribution in [0.2, 0.25) is 5.02 Å². The minimum absolute atomic E-state index is 0.00486. The molecule has 1 unspecified atom stereocenters. The number of nitrogens with two attached hydrogens (primary N) is 1. The van der Waals surface area contributed by atoms with Gasteiger partial charge in [-0.15, -0.1) is 0 Å². The van der Waals surface area contributed by atoms with Crippen molar-refractivity contribution in [2.75, 3.05) is 25.4 Å². The van der Waals surface area contributed by atoms with Gasteiger partial charge in [-0.1, -0.05) is 29.8 Å². The summed E-state index contributed by atoms with van der Waals surface area (Å²) in [5.74, 6) is -2.06. The number of pyridine rings is 1. The van der Waals surface area contributed by atoms with Crippen LogP contribution in [0.1, 0.15) is 33.8 Å².